The summed E-state index contributed by atoms with van der Waals surface area (Å²) < 4.78 is 31.3. The third-order valence-corrected chi connectivity index (χ3v) is 3.34. The van der Waals surface area contributed by atoms with E-state index >= 15 is 0 Å². The summed E-state index contributed by atoms with van der Waals surface area (Å²) in [5.41, 5.74) is 0. The van der Waals surface area contributed by atoms with Crippen LogP contribution in [0.3, 0.4) is 0 Å². The fourth-order valence-corrected chi connectivity index (χ4v) is 2.21. The van der Waals surface area contributed by atoms with Crippen LogP contribution >= 0.6 is 0 Å². The molecule has 1 amide bonds. The molecule has 1 aromatic rings. The lowest BCUT2D eigenvalue weighted by atomic mass is 10.2. The topological polar surface area (TPSA) is 41.6 Å². The Morgan fingerprint density at radius 2 is 2.20 bits per heavy atom. The summed E-state index contributed by atoms with van der Waals surface area (Å²) in [5, 5.41) is 3.20. The van der Waals surface area contributed by atoms with Crippen LogP contribution in [0.15, 0.2) is 18.2 Å². The molecule has 6 heteroatoms. The third kappa shape index (κ3) is 3.25. The zero-order valence-corrected chi connectivity index (χ0v) is 11.5. The molecule has 1 heterocycles. The van der Waals surface area contributed by atoms with Crippen LogP contribution in [0.1, 0.15) is 13.8 Å². The molecule has 110 valence electrons. The van der Waals surface area contributed by atoms with Crippen LogP contribution in [-0.2, 0) is 4.79 Å². The summed E-state index contributed by atoms with van der Waals surface area (Å²) in [5.74, 6) is -1.93. The Hall–Kier alpha value is -1.69. The second-order valence-electron chi connectivity index (χ2n) is 4.92. The van der Waals surface area contributed by atoms with Crippen molar-refractivity contribution in [2.75, 3.05) is 19.6 Å². The largest absolute Gasteiger partial charge is 0.481 e. The highest BCUT2D eigenvalue weighted by Crippen LogP contribution is 2.18. The number of carbonyl (C=O) groups is 1. The summed E-state index contributed by atoms with van der Waals surface area (Å²) in [6.45, 7) is 5.66. The SMILES string of the molecule is CC(Oc1ccc(F)c(F)c1)C(=O)N1CCNC[C@@H]1C. The molecule has 4 nitrogen and oxygen atoms in total. The van der Waals surface area contributed by atoms with Gasteiger partial charge in [0.1, 0.15) is 5.75 Å². The van der Waals surface area contributed by atoms with E-state index in [0.717, 1.165) is 25.2 Å². The highest BCUT2D eigenvalue weighted by molar-refractivity contribution is 5.81. The van der Waals surface area contributed by atoms with Crippen LogP contribution < -0.4 is 10.1 Å². The predicted octanol–water partition coefficient (Wildman–Crippen LogP) is 1.55. The van der Waals surface area contributed by atoms with Crippen LogP contribution in [0.4, 0.5) is 8.78 Å². The Morgan fingerprint density at radius 1 is 1.45 bits per heavy atom. The first-order chi connectivity index (χ1) is 9.49. The lowest BCUT2D eigenvalue weighted by molar-refractivity contribution is -0.140. The molecule has 0 saturated carbocycles. The minimum Gasteiger partial charge on any atom is -0.481 e. The first-order valence-electron chi connectivity index (χ1n) is 6.62. The second-order valence-corrected chi connectivity index (χ2v) is 4.92. The summed E-state index contributed by atoms with van der Waals surface area (Å²) in [6, 6.07) is 3.33. The number of halogens is 2. The minimum atomic E-state index is -0.988. The maximum atomic E-state index is 13.1. The normalized spacial score (nSPS) is 20.6. The highest BCUT2D eigenvalue weighted by Gasteiger charge is 2.28. The Balaban J connectivity index is 2.01. The number of piperazine rings is 1. The Labute approximate surface area is 116 Å². The molecule has 0 aromatic heterocycles. The van der Waals surface area contributed by atoms with Crippen molar-refractivity contribution in [3.63, 3.8) is 0 Å². The average molecular weight is 284 g/mol. The molecular formula is C14H18F2N2O2. The fourth-order valence-electron chi connectivity index (χ4n) is 2.21. The molecule has 0 aliphatic carbocycles. The molecule has 0 spiro atoms. The summed E-state index contributed by atoms with van der Waals surface area (Å²) in [7, 11) is 0. The lowest BCUT2D eigenvalue weighted by Gasteiger charge is -2.35. The van der Waals surface area contributed by atoms with Crippen LogP contribution in [0.2, 0.25) is 0 Å². The molecule has 1 unspecified atom stereocenters. The zero-order valence-electron chi connectivity index (χ0n) is 11.5. The van der Waals surface area contributed by atoms with Crippen molar-refractivity contribution in [2.45, 2.75) is 26.0 Å². The van der Waals surface area contributed by atoms with E-state index in [1.165, 1.54) is 6.07 Å². The molecule has 2 rings (SSSR count). The average Bonchev–Trinajstić information content (AvgIpc) is 2.42. The Bertz CT molecular complexity index is 496. The van der Waals surface area contributed by atoms with Gasteiger partial charge < -0.3 is 15.0 Å². The number of carbonyl (C=O) groups excluding carboxylic acids is 1. The molecule has 1 aromatic carbocycles. The van der Waals surface area contributed by atoms with E-state index in [9.17, 15) is 13.6 Å². The smallest absolute Gasteiger partial charge is 0.263 e. The Kier molecular flexibility index (Phi) is 4.54. The van der Waals surface area contributed by atoms with Crippen LogP contribution in [0.25, 0.3) is 0 Å². The molecule has 1 fully saturated rings. The number of nitrogens with zero attached hydrogens (tertiary/aromatic N) is 1. The number of nitrogens with one attached hydrogen (secondary N) is 1. The van der Waals surface area contributed by atoms with Gasteiger partial charge in [0.05, 0.1) is 0 Å². The molecule has 2 atom stereocenters. The maximum Gasteiger partial charge on any atom is 0.263 e. The van der Waals surface area contributed by atoms with Crippen LogP contribution in [0.5, 0.6) is 5.75 Å². The van der Waals surface area contributed by atoms with Crippen molar-refractivity contribution in [2.24, 2.45) is 0 Å². The summed E-state index contributed by atoms with van der Waals surface area (Å²) in [4.78, 5) is 14.0. The maximum absolute atomic E-state index is 13.1. The van der Waals surface area contributed by atoms with E-state index in [0.29, 0.717) is 6.54 Å². The molecule has 0 bridgehead atoms. The molecule has 20 heavy (non-hydrogen) atoms. The van der Waals surface area contributed by atoms with E-state index in [-0.39, 0.29) is 17.7 Å². The molecule has 1 aliphatic rings. The standard InChI is InChI=1S/C14H18F2N2O2/c1-9-8-17-5-6-18(9)14(19)10(2)20-11-3-4-12(15)13(16)7-11/h3-4,7,9-10,17H,5-6,8H2,1-2H3/t9-,10?/m0/s1. The van der Waals surface area contributed by atoms with Crippen molar-refractivity contribution in [1.29, 1.82) is 0 Å². The number of hydrogen-bond donors (Lipinski definition) is 1. The van der Waals surface area contributed by atoms with Gasteiger partial charge in [-0.25, -0.2) is 8.78 Å². The van der Waals surface area contributed by atoms with Crippen molar-refractivity contribution < 1.29 is 18.3 Å². The predicted molar refractivity (Wildman–Crippen MR) is 70.5 cm³/mol. The number of rotatable bonds is 3. The highest BCUT2D eigenvalue weighted by atomic mass is 19.2. The minimum absolute atomic E-state index is 0.0900. The van der Waals surface area contributed by atoms with Gasteiger partial charge in [0.15, 0.2) is 17.7 Å². The Morgan fingerprint density at radius 3 is 2.85 bits per heavy atom. The van der Waals surface area contributed by atoms with E-state index in [1.807, 2.05) is 6.92 Å². The van der Waals surface area contributed by atoms with Gasteiger partial charge in [-0.2, -0.15) is 0 Å². The van der Waals surface area contributed by atoms with Gasteiger partial charge in [0.25, 0.3) is 5.91 Å². The first-order valence-corrected chi connectivity index (χ1v) is 6.62. The van der Waals surface area contributed by atoms with Gasteiger partial charge in [-0.3, -0.25) is 4.79 Å². The van der Waals surface area contributed by atoms with Crippen molar-refractivity contribution in [3.05, 3.63) is 29.8 Å². The first kappa shape index (κ1) is 14.7. The van der Waals surface area contributed by atoms with E-state index in [2.05, 4.69) is 5.32 Å². The van der Waals surface area contributed by atoms with Crippen LogP contribution in [0, 0.1) is 11.6 Å². The van der Waals surface area contributed by atoms with Crippen molar-refractivity contribution in [3.8, 4) is 5.75 Å². The van der Waals surface area contributed by atoms with Gasteiger partial charge in [-0.05, 0) is 26.0 Å². The van der Waals surface area contributed by atoms with Gasteiger partial charge in [0.2, 0.25) is 0 Å². The van der Waals surface area contributed by atoms with Gasteiger partial charge in [0, 0.05) is 31.7 Å². The van der Waals surface area contributed by atoms with E-state index in [1.54, 1.807) is 11.8 Å². The molecule has 1 aliphatic heterocycles. The number of amides is 1. The third-order valence-electron chi connectivity index (χ3n) is 3.34. The zero-order chi connectivity index (χ0) is 14.7. The van der Waals surface area contributed by atoms with Crippen LogP contribution in [-0.4, -0.2) is 42.6 Å². The van der Waals surface area contributed by atoms with Gasteiger partial charge in [-0.15, -0.1) is 0 Å². The lowest BCUT2D eigenvalue weighted by Crippen LogP contribution is -2.55. The van der Waals surface area contributed by atoms with E-state index in [4.69, 9.17) is 4.74 Å². The number of benzene rings is 1. The van der Waals surface area contributed by atoms with E-state index < -0.39 is 17.7 Å². The molecule has 1 N–H and O–H groups in total. The van der Waals surface area contributed by atoms with Crippen molar-refractivity contribution >= 4 is 5.91 Å². The molecule has 1 saturated heterocycles. The number of hydrogen-bond acceptors (Lipinski definition) is 3. The second kappa shape index (κ2) is 6.17. The molecule has 0 radical (unpaired) electrons. The summed E-state index contributed by atoms with van der Waals surface area (Å²) >= 11 is 0. The quantitative estimate of drug-likeness (QED) is 0.915. The summed E-state index contributed by atoms with van der Waals surface area (Å²) in [6.07, 6.45) is -0.736. The number of ether oxygens (including phenoxy) is 1. The van der Waals surface area contributed by atoms with Gasteiger partial charge >= 0.3 is 0 Å². The monoisotopic (exact) mass is 284 g/mol. The van der Waals surface area contributed by atoms with Gasteiger partial charge in [-0.1, -0.05) is 0 Å². The van der Waals surface area contributed by atoms with Crippen molar-refractivity contribution in [1.82, 2.24) is 10.2 Å². The molecular weight excluding hydrogens is 266 g/mol. The fraction of sp³-hybridized carbons (Fsp3) is 0.500.